The van der Waals surface area contributed by atoms with Crippen molar-refractivity contribution in [2.75, 3.05) is 0 Å². The minimum absolute atomic E-state index is 1.16. The zero-order valence-electron chi connectivity index (χ0n) is 3.97. The van der Waals surface area contributed by atoms with E-state index in [1.54, 1.807) is 0 Å². The summed E-state index contributed by atoms with van der Waals surface area (Å²) < 4.78 is 0. The molecule has 0 amide bonds. The number of carboxylic acid groups (broad SMARTS) is 1. The fourth-order valence-electron chi connectivity index (χ4n) is 0. The van der Waals surface area contributed by atoms with Crippen LogP contribution in [0.1, 0.15) is 6.92 Å². The summed E-state index contributed by atoms with van der Waals surface area (Å²) in [4.78, 5) is 9.66. The van der Waals surface area contributed by atoms with Crippen LogP contribution in [0, 0.1) is 0 Å². The van der Waals surface area contributed by atoms with Gasteiger partial charge in [0.2, 0.25) is 0 Å². The summed E-state index contributed by atoms with van der Waals surface area (Å²) in [5, 5.41) is 9.66. The van der Waals surface area contributed by atoms with Crippen LogP contribution in [0.15, 0.2) is 0 Å². The molecule has 0 spiro atoms. The second-order valence-electron chi connectivity index (χ2n) is 1.57. The summed E-state index contributed by atoms with van der Waals surface area (Å²) in [6, 6.07) is 0. The van der Waals surface area contributed by atoms with E-state index in [-0.39, 0.29) is 0 Å². The quantitative estimate of drug-likeness (QED) is 0.355. The summed E-state index contributed by atoms with van der Waals surface area (Å²) in [5.74, 6) is -1.45. The first-order valence-corrected chi connectivity index (χ1v) is 1.74. The Morgan fingerprint density at radius 1 is 1.71 bits per heavy atom. The highest BCUT2D eigenvalue weighted by molar-refractivity contribution is 5.74. The molecule has 0 aromatic rings. The van der Waals surface area contributed by atoms with Crippen molar-refractivity contribution in [2.45, 2.75) is 12.6 Å². The summed E-state index contributed by atoms with van der Waals surface area (Å²) in [7, 11) is 0. The molecule has 4 N–H and O–H groups in total. The van der Waals surface area contributed by atoms with Gasteiger partial charge >= 0.3 is 0 Å². The van der Waals surface area contributed by atoms with E-state index in [0.717, 1.165) is 6.92 Å². The summed E-state index contributed by atoms with van der Waals surface area (Å²) in [5.41, 5.74) is 7.89. The third-order valence-corrected chi connectivity index (χ3v) is 0.440. The van der Waals surface area contributed by atoms with E-state index in [1.807, 2.05) is 0 Å². The van der Waals surface area contributed by atoms with Gasteiger partial charge in [0.25, 0.3) is 0 Å². The first-order chi connectivity index (χ1) is 2.94. The van der Waals surface area contributed by atoms with Crippen LogP contribution in [-0.4, -0.2) is 11.6 Å². The Labute approximate surface area is 41.1 Å². The van der Waals surface area contributed by atoms with Crippen LogP contribution in [0.25, 0.3) is 0 Å². The number of nitrogens with two attached hydrogens (primary N) is 2. The molecule has 0 aliphatic heterocycles. The molecule has 0 aliphatic rings. The van der Waals surface area contributed by atoms with Crippen LogP contribution in [-0.2, 0) is 4.79 Å². The zero-order chi connectivity index (χ0) is 6.08. The van der Waals surface area contributed by atoms with Crippen molar-refractivity contribution < 1.29 is 9.90 Å². The second-order valence-corrected chi connectivity index (χ2v) is 1.57. The van der Waals surface area contributed by atoms with Gasteiger partial charge in [-0.25, -0.2) is 0 Å². The Bertz CT molecular complexity index is 83.4. The number of hydrogen-bond donors (Lipinski definition) is 2. The van der Waals surface area contributed by atoms with Gasteiger partial charge in [0.05, 0.1) is 5.97 Å². The number of aliphatic carboxylic acids is 1. The number of carbonyl (C=O) groups is 1. The topological polar surface area (TPSA) is 92.2 Å². The van der Waals surface area contributed by atoms with Gasteiger partial charge in [-0.05, 0) is 6.92 Å². The van der Waals surface area contributed by atoms with Gasteiger partial charge in [0, 0.05) is 0 Å². The Balaban J connectivity index is 3.79. The average Bonchev–Trinajstić information content (AvgIpc) is 1.31. The minimum Gasteiger partial charge on any atom is -0.547 e. The molecule has 0 heterocycles. The monoisotopic (exact) mass is 103 g/mol. The molecule has 0 radical (unpaired) electrons. The molecule has 7 heavy (non-hydrogen) atoms. The standard InChI is InChI=1S/C3H8N2O2/c1-3(4,5)2(6)7/h4-5H2,1H3,(H,6,7)/p-1. The summed E-state index contributed by atoms with van der Waals surface area (Å²) >= 11 is 0. The van der Waals surface area contributed by atoms with Gasteiger partial charge < -0.3 is 21.4 Å². The van der Waals surface area contributed by atoms with Crippen LogP contribution in [0.3, 0.4) is 0 Å². The molecule has 4 heteroatoms. The van der Waals surface area contributed by atoms with Crippen molar-refractivity contribution in [3.05, 3.63) is 0 Å². The molecule has 42 valence electrons. The molecular formula is C3H7N2O2-. The molecular weight excluding hydrogens is 96.0 g/mol. The average molecular weight is 103 g/mol. The largest absolute Gasteiger partial charge is 0.547 e. The molecule has 0 aromatic carbocycles. The molecule has 0 aromatic heterocycles. The molecule has 0 rings (SSSR count). The highest BCUT2D eigenvalue weighted by Gasteiger charge is 2.10. The van der Waals surface area contributed by atoms with Gasteiger partial charge in [-0.15, -0.1) is 0 Å². The van der Waals surface area contributed by atoms with E-state index < -0.39 is 11.6 Å². The minimum atomic E-state index is -1.69. The van der Waals surface area contributed by atoms with Crippen molar-refractivity contribution in [2.24, 2.45) is 11.5 Å². The van der Waals surface area contributed by atoms with Crippen LogP contribution >= 0.6 is 0 Å². The maximum absolute atomic E-state index is 9.66. The van der Waals surface area contributed by atoms with Crippen molar-refractivity contribution in [3.8, 4) is 0 Å². The maximum Gasteiger partial charge on any atom is 0.102 e. The van der Waals surface area contributed by atoms with Gasteiger partial charge in [0.15, 0.2) is 0 Å². The summed E-state index contributed by atoms with van der Waals surface area (Å²) in [6.07, 6.45) is 0. The molecule has 0 saturated carbocycles. The van der Waals surface area contributed by atoms with E-state index in [2.05, 4.69) is 0 Å². The van der Waals surface area contributed by atoms with Gasteiger partial charge in [-0.1, -0.05) is 0 Å². The highest BCUT2D eigenvalue weighted by Crippen LogP contribution is 1.79. The van der Waals surface area contributed by atoms with E-state index in [4.69, 9.17) is 11.5 Å². The van der Waals surface area contributed by atoms with Crippen LogP contribution in [0.4, 0.5) is 0 Å². The molecule has 0 fully saturated rings. The van der Waals surface area contributed by atoms with Crippen molar-refractivity contribution >= 4 is 5.97 Å². The lowest BCUT2D eigenvalue weighted by Crippen LogP contribution is -2.59. The first-order valence-electron chi connectivity index (χ1n) is 1.74. The normalized spacial score (nSPS) is 11.3. The van der Waals surface area contributed by atoms with Crippen molar-refractivity contribution in [1.29, 1.82) is 0 Å². The third-order valence-electron chi connectivity index (χ3n) is 0.440. The van der Waals surface area contributed by atoms with Gasteiger partial charge in [-0.2, -0.15) is 0 Å². The van der Waals surface area contributed by atoms with Crippen molar-refractivity contribution in [3.63, 3.8) is 0 Å². The number of rotatable bonds is 1. The predicted molar refractivity (Wildman–Crippen MR) is 21.8 cm³/mol. The molecule has 0 saturated heterocycles. The summed E-state index contributed by atoms with van der Waals surface area (Å²) in [6.45, 7) is 1.16. The Hall–Kier alpha value is -0.610. The van der Waals surface area contributed by atoms with Crippen LogP contribution < -0.4 is 16.6 Å². The fourth-order valence-corrected chi connectivity index (χ4v) is 0. The Morgan fingerprint density at radius 2 is 1.86 bits per heavy atom. The molecule has 0 bridgehead atoms. The smallest absolute Gasteiger partial charge is 0.102 e. The molecule has 4 nitrogen and oxygen atoms in total. The third kappa shape index (κ3) is 2.13. The molecule has 0 aliphatic carbocycles. The van der Waals surface area contributed by atoms with Crippen LogP contribution in [0.5, 0.6) is 0 Å². The van der Waals surface area contributed by atoms with E-state index in [9.17, 15) is 9.90 Å². The van der Waals surface area contributed by atoms with E-state index in [1.165, 1.54) is 0 Å². The zero-order valence-corrected chi connectivity index (χ0v) is 3.97. The van der Waals surface area contributed by atoms with Gasteiger partial charge in [0.1, 0.15) is 5.66 Å². The van der Waals surface area contributed by atoms with Crippen molar-refractivity contribution in [1.82, 2.24) is 0 Å². The highest BCUT2D eigenvalue weighted by atomic mass is 16.4. The Kier molecular flexibility index (Phi) is 1.35. The second kappa shape index (κ2) is 1.48. The molecule has 0 unspecified atom stereocenters. The van der Waals surface area contributed by atoms with Crippen LogP contribution in [0.2, 0.25) is 0 Å². The lowest BCUT2D eigenvalue weighted by atomic mass is 10.2. The predicted octanol–water partition coefficient (Wildman–Crippen LogP) is -2.63. The number of carboxylic acids is 1. The van der Waals surface area contributed by atoms with E-state index in [0.29, 0.717) is 0 Å². The van der Waals surface area contributed by atoms with Gasteiger partial charge in [-0.3, -0.25) is 0 Å². The maximum atomic E-state index is 9.66. The van der Waals surface area contributed by atoms with E-state index >= 15 is 0 Å². The SMILES string of the molecule is CC(N)(N)C(=O)[O-]. The number of carbonyl (C=O) groups excluding carboxylic acids is 1. The Morgan fingerprint density at radius 3 is 1.86 bits per heavy atom. The molecule has 0 atom stereocenters. The first kappa shape index (κ1) is 6.39. The fraction of sp³-hybridized carbons (Fsp3) is 0.667. The lowest BCUT2D eigenvalue weighted by molar-refractivity contribution is -0.312. The number of hydrogen-bond acceptors (Lipinski definition) is 4. The lowest BCUT2D eigenvalue weighted by Gasteiger charge is -2.18.